The van der Waals surface area contributed by atoms with E-state index in [1.807, 2.05) is 15.2 Å². The molecule has 3 aliphatic heterocycles. The van der Waals surface area contributed by atoms with E-state index in [-0.39, 0.29) is 24.1 Å². The van der Waals surface area contributed by atoms with Crippen molar-refractivity contribution in [2.45, 2.75) is 76.9 Å². The Morgan fingerprint density at radius 2 is 1.87 bits per heavy atom. The number of imidazole rings is 1. The van der Waals surface area contributed by atoms with Gasteiger partial charge >= 0.3 is 5.69 Å². The van der Waals surface area contributed by atoms with Crippen LogP contribution in [0.5, 0.6) is 0 Å². The monoisotopic (exact) mass is 427 g/mol. The van der Waals surface area contributed by atoms with Crippen molar-refractivity contribution >= 4 is 18.2 Å². The van der Waals surface area contributed by atoms with Crippen molar-refractivity contribution in [3.63, 3.8) is 0 Å². The summed E-state index contributed by atoms with van der Waals surface area (Å²) in [7, 11) is 0. The lowest BCUT2D eigenvalue weighted by molar-refractivity contribution is 0.431. The third-order valence-corrected chi connectivity index (χ3v) is 6.36. The molecule has 1 aromatic carbocycles. The summed E-state index contributed by atoms with van der Waals surface area (Å²) < 4.78 is 3.72. The second-order valence-corrected chi connectivity index (χ2v) is 8.51. The largest absolute Gasteiger partial charge is 0.365 e. The van der Waals surface area contributed by atoms with Gasteiger partial charge in [-0.05, 0) is 31.2 Å². The van der Waals surface area contributed by atoms with Crippen molar-refractivity contribution in [3.8, 4) is 11.5 Å². The normalized spacial score (nSPS) is 18.8. The van der Waals surface area contributed by atoms with Crippen LogP contribution in [0.15, 0.2) is 35.1 Å². The molecule has 7 heteroatoms. The van der Waals surface area contributed by atoms with Crippen molar-refractivity contribution in [2.75, 3.05) is 5.32 Å². The van der Waals surface area contributed by atoms with Gasteiger partial charge in [0.1, 0.15) is 17.3 Å². The lowest BCUT2D eigenvalue weighted by Gasteiger charge is -2.18. The number of nitrogens with one attached hydrogen (secondary N) is 1. The van der Waals surface area contributed by atoms with Crippen LogP contribution in [0.25, 0.3) is 11.5 Å². The number of rotatable bonds is 5. The van der Waals surface area contributed by atoms with E-state index >= 15 is 0 Å². The van der Waals surface area contributed by atoms with Crippen LogP contribution in [0.2, 0.25) is 0 Å². The molecule has 0 radical (unpaired) electrons. The van der Waals surface area contributed by atoms with Gasteiger partial charge in [-0.1, -0.05) is 56.5 Å². The predicted molar refractivity (Wildman–Crippen MR) is 122 cm³/mol. The second-order valence-electron chi connectivity index (χ2n) is 8.51. The lowest BCUT2D eigenvalue weighted by Crippen LogP contribution is -2.32. The zero-order chi connectivity index (χ0) is 19.8. The summed E-state index contributed by atoms with van der Waals surface area (Å²) in [5.41, 5.74) is 2.18. The predicted octanol–water partition coefficient (Wildman–Crippen LogP) is 4.46. The van der Waals surface area contributed by atoms with E-state index in [1.165, 1.54) is 24.8 Å². The average molecular weight is 428 g/mol. The molecule has 1 saturated carbocycles. The van der Waals surface area contributed by atoms with Gasteiger partial charge in [-0.2, -0.15) is 0 Å². The fourth-order valence-electron chi connectivity index (χ4n) is 4.92. The van der Waals surface area contributed by atoms with Crippen LogP contribution in [0.4, 0.5) is 5.82 Å². The van der Waals surface area contributed by atoms with Crippen LogP contribution >= 0.6 is 12.4 Å². The average Bonchev–Trinajstić information content (AvgIpc) is 3.37. The summed E-state index contributed by atoms with van der Waals surface area (Å²) in [5, 5.41) is 3.60. The number of benzene rings is 1. The zero-order valence-electron chi connectivity index (χ0n) is 17.5. The highest BCUT2D eigenvalue weighted by molar-refractivity contribution is 5.85. The number of nitrogens with zero attached hydrogens (tertiary/aromatic N) is 4. The van der Waals surface area contributed by atoms with E-state index < -0.39 is 0 Å². The van der Waals surface area contributed by atoms with Crippen LogP contribution in [0.1, 0.15) is 62.8 Å². The Hall–Kier alpha value is -2.34. The molecule has 1 fully saturated rings. The number of fused-ring (bicyclic) bond motifs is 3. The van der Waals surface area contributed by atoms with Gasteiger partial charge < -0.3 is 5.32 Å². The Labute approximate surface area is 183 Å². The van der Waals surface area contributed by atoms with Gasteiger partial charge in [0, 0.05) is 25.0 Å². The number of hydrogen-bond donors (Lipinski definition) is 1. The molecule has 0 amide bonds. The molecule has 30 heavy (non-hydrogen) atoms. The Balaban J connectivity index is 0.00000218. The SMILES string of the molecule is CCCn1c2nc(C3CCCCC3)nc-2c2n(c1=O)C[C@@H](Cc1ccccc1)N2.Cl. The topological polar surface area (TPSA) is 64.7 Å². The Bertz CT molecular complexity index is 1020. The van der Waals surface area contributed by atoms with Crippen LogP contribution in [-0.2, 0) is 19.5 Å². The van der Waals surface area contributed by atoms with E-state index in [1.54, 1.807) is 0 Å². The molecule has 1 aromatic rings. The maximum Gasteiger partial charge on any atom is 0.331 e. The molecule has 0 bridgehead atoms. The van der Waals surface area contributed by atoms with E-state index in [0.717, 1.165) is 48.8 Å². The lowest BCUT2D eigenvalue weighted by atomic mass is 9.89. The van der Waals surface area contributed by atoms with Crippen molar-refractivity contribution in [1.29, 1.82) is 0 Å². The summed E-state index contributed by atoms with van der Waals surface area (Å²) >= 11 is 0. The first-order valence-corrected chi connectivity index (χ1v) is 11.1. The number of aromatic nitrogens is 4. The third-order valence-electron chi connectivity index (χ3n) is 6.36. The van der Waals surface area contributed by atoms with Crippen LogP contribution in [-0.4, -0.2) is 25.1 Å². The maximum absolute atomic E-state index is 13.3. The van der Waals surface area contributed by atoms with Gasteiger partial charge in [0.25, 0.3) is 0 Å². The standard InChI is InChI=1S/C23H29N5O.ClH/c1-2-13-27-22-19(25-20(26-22)17-11-7-4-8-12-17)21-24-18(15-28(21)23(27)29)14-16-9-5-3-6-10-16;/h3,5-6,9-10,17-18,24H,2,4,7-8,11-15H2,1H3;1H/t18-;/m1./s1. The van der Waals surface area contributed by atoms with E-state index in [9.17, 15) is 4.79 Å². The van der Waals surface area contributed by atoms with Gasteiger partial charge in [0.05, 0.1) is 0 Å². The molecular formula is C23H30ClN5O. The molecule has 0 spiro atoms. The Kier molecular flexibility index (Phi) is 6.14. The van der Waals surface area contributed by atoms with Crippen LogP contribution in [0.3, 0.4) is 0 Å². The first-order valence-electron chi connectivity index (χ1n) is 11.1. The highest BCUT2D eigenvalue weighted by atomic mass is 35.5. The van der Waals surface area contributed by atoms with Crippen LogP contribution < -0.4 is 11.0 Å². The minimum absolute atomic E-state index is 0. The molecule has 0 aromatic heterocycles. The van der Waals surface area contributed by atoms with Gasteiger partial charge in [0.15, 0.2) is 5.82 Å². The molecule has 4 aliphatic rings. The van der Waals surface area contributed by atoms with Gasteiger partial charge in [-0.15, -0.1) is 12.4 Å². The zero-order valence-corrected chi connectivity index (χ0v) is 18.3. The summed E-state index contributed by atoms with van der Waals surface area (Å²) in [4.78, 5) is 23.1. The second kappa shape index (κ2) is 8.80. The van der Waals surface area contributed by atoms with Crippen molar-refractivity contribution in [2.24, 2.45) is 0 Å². The first kappa shape index (κ1) is 20.9. The summed E-state index contributed by atoms with van der Waals surface area (Å²) in [6.07, 6.45) is 7.93. The fourth-order valence-corrected chi connectivity index (χ4v) is 4.92. The van der Waals surface area contributed by atoms with Gasteiger partial charge in [-0.25, -0.2) is 14.8 Å². The Morgan fingerprint density at radius 3 is 2.60 bits per heavy atom. The summed E-state index contributed by atoms with van der Waals surface area (Å²) in [5.74, 6) is 2.99. The first-order chi connectivity index (χ1) is 14.2. The van der Waals surface area contributed by atoms with Gasteiger partial charge in [-0.3, -0.25) is 9.13 Å². The number of halogens is 1. The molecule has 0 saturated heterocycles. The molecular weight excluding hydrogens is 398 g/mol. The molecule has 0 unspecified atom stereocenters. The minimum Gasteiger partial charge on any atom is -0.365 e. The maximum atomic E-state index is 13.3. The molecule has 5 rings (SSSR count). The molecule has 1 atom stereocenters. The number of hydrogen-bond acceptors (Lipinski definition) is 4. The smallest absolute Gasteiger partial charge is 0.331 e. The van der Waals surface area contributed by atoms with Gasteiger partial charge in [0.2, 0.25) is 0 Å². The quantitative estimate of drug-likeness (QED) is 0.652. The minimum atomic E-state index is 0. The van der Waals surface area contributed by atoms with E-state index in [4.69, 9.17) is 9.97 Å². The summed E-state index contributed by atoms with van der Waals surface area (Å²) in [6.45, 7) is 3.46. The molecule has 3 heterocycles. The highest BCUT2D eigenvalue weighted by Gasteiger charge is 2.33. The summed E-state index contributed by atoms with van der Waals surface area (Å²) in [6, 6.07) is 10.6. The fraction of sp³-hybridized carbons (Fsp3) is 0.522. The van der Waals surface area contributed by atoms with E-state index in [2.05, 4.69) is 36.5 Å². The van der Waals surface area contributed by atoms with E-state index in [0.29, 0.717) is 19.0 Å². The van der Waals surface area contributed by atoms with Crippen LogP contribution in [0, 0.1) is 0 Å². The van der Waals surface area contributed by atoms with Crippen molar-refractivity contribution in [1.82, 2.24) is 19.1 Å². The number of anilines is 1. The van der Waals surface area contributed by atoms with Crippen molar-refractivity contribution in [3.05, 3.63) is 52.2 Å². The Morgan fingerprint density at radius 1 is 1.10 bits per heavy atom. The molecule has 6 nitrogen and oxygen atoms in total. The highest BCUT2D eigenvalue weighted by Crippen LogP contribution is 2.36. The van der Waals surface area contributed by atoms with Crippen molar-refractivity contribution < 1.29 is 0 Å². The molecule has 1 aliphatic carbocycles. The third kappa shape index (κ3) is 3.73. The molecule has 160 valence electrons. The molecule has 1 N–H and O–H groups in total.